The fourth-order valence-electron chi connectivity index (χ4n) is 2.25. The normalized spacial score (nSPS) is 10.5. The Hall–Kier alpha value is -3.62. The van der Waals surface area contributed by atoms with Gasteiger partial charge in [-0.3, -0.25) is 10.1 Å². The highest BCUT2D eigenvalue weighted by Gasteiger charge is 2.11. The van der Waals surface area contributed by atoms with E-state index in [4.69, 9.17) is 15.2 Å². The lowest BCUT2D eigenvalue weighted by Gasteiger charge is -2.11. The molecule has 0 aliphatic carbocycles. The van der Waals surface area contributed by atoms with Crippen LogP contribution in [0.4, 0.5) is 10.5 Å². The number of rotatable bonds is 7. The maximum Gasteiger partial charge on any atom is 0.332 e. The molecule has 0 atom stereocenters. The molecule has 0 radical (unpaired) electrons. The molecule has 136 valence electrons. The van der Waals surface area contributed by atoms with Gasteiger partial charge in [0.15, 0.2) is 0 Å². The van der Waals surface area contributed by atoms with Crippen molar-refractivity contribution in [2.45, 2.75) is 13.5 Å². The first-order chi connectivity index (χ1) is 12.4. The van der Waals surface area contributed by atoms with Gasteiger partial charge in [0.1, 0.15) is 18.1 Å². The first-order valence-corrected chi connectivity index (χ1v) is 7.54. The number of nitro benzene ring substituents is 1. The fourth-order valence-corrected chi connectivity index (χ4v) is 2.25. The van der Waals surface area contributed by atoms with E-state index in [0.717, 1.165) is 5.56 Å². The van der Waals surface area contributed by atoms with E-state index in [1.807, 2.05) is 0 Å². The highest BCUT2D eigenvalue weighted by atomic mass is 16.6. The Balaban J connectivity index is 2.14. The monoisotopic (exact) mass is 358 g/mol. The zero-order valence-electron chi connectivity index (χ0n) is 14.3. The maximum atomic E-state index is 10.9. The van der Waals surface area contributed by atoms with E-state index in [9.17, 15) is 14.9 Å². The number of amides is 2. The van der Waals surface area contributed by atoms with Crippen molar-refractivity contribution in [3.05, 3.63) is 63.2 Å². The van der Waals surface area contributed by atoms with E-state index in [2.05, 4.69) is 10.5 Å². The lowest BCUT2D eigenvalue weighted by molar-refractivity contribution is -0.385. The van der Waals surface area contributed by atoms with Crippen LogP contribution < -0.4 is 20.6 Å². The molecular formula is C17H18N4O5. The molecule has 2 aromatic rings. The van der Waals surface area contributed by atoms with E-state index in [1.165, 1.54) is 19.4 Å². The summed E-state index contributed by atoms with van der Waals surface area (Å²) in [5, 5.41) is 14.6. The molecule has 26 heavy (non-hydrogen) atoms. The van der Waals surface area contributed by atoms with E-state index < -0.39 is 11.0 Å². The van der Waals surface area contributed by atoms with Gasteiger partial charge in [0, 0.05) is 17.2 Å². The number of hydrazone groups is 1. The number of ether oxygens (including phenoxy) is 2. The number of urea groups is 1. The molecular weight excluding hydrogens is 340 g/mol. The van der Waals surface area contributed by atoms with Crippen molar-refractivity contribution in [2.75, 3.05) is 7.11 Å². The summed E-state index contributed by atoms with van der Waals surface area (Å²) in [6, 6.07) is 9.07. The molecule has 0 spiro atoms. The number of hydrogen-bond donors (Lipinski definition) is 2. The van der Waals surface area contributed by atoms with Gasteiger partial charge in [-0.25, -0.2) is 10.2 Å². The summed E-state index contributed by atoms with van der Waals surface area (Å²) in [6.07, 6.45) is 1.43. The molecule has 2 amide bonds. The summed E-state index contributed by atoms with van der Waals surface area (Å²) in [5.74, 6) is 1.12. The van der Waals surface area contributed by atoms with Crippen molar-refractivity contribution >= 4 is 17.9 Å². The Morgan fingerprint density at radius 3 is 2.73 bits per heavy atom. The van der Waals surface area contributed by atoms with Gasteiger partial charge in [-0.2, -0.15) is 5.10 Å². The summed E-state index contributed by atoms with van der Waals surface area (Å²) in [4.78, 5) is 21.0. The Morgan fingerprint density at radius 2 is 2.12 bits per heavy atom. The first-order valence-electron chi connectivity index (χ1n) is 7.54. The van der Waals surface area contributed by atoms with Gasteiger partial charge in [0.2, 0.25) is 0 Å². The molecule has 2 rings (SSSR count). The summed E-state index contributed by atoms with van der Waals surface area (Å²) in [7, 11) is 1.54. The molecule has 0 saturated heterocycles. The number of carbonyl (C=O) groups excluding carboxylic acids is 1. The van der Waals surface area contributed by atoms with Crippen LogP contribution in [0, 0.1) is 17.0 Å². The smallest absolute Gasteiger partial charge is 0.332 e. The molecule has 2 aromatic carbocycles. The van der Waals surface area contributed by atoms with Crippen LogP contribution in [0.5, 0.6) is 11.5 Å². The largest absolute Gasteiger partial charge is 0.496 e. The second-order valence-corrected chi connectivity index (χ2v) is 5.30. The Kier molecular flexibility index (Phi) is 6.10. The molecule has 0 unspecified atom stereocenters. The van der Waals surface area contributed by atoms with Crippen molar-refractivity contribution in [1.82, 2.24) is 5.43 Å². The summed E-state index contributed by atoms with van der Waals surface area (Å²) in [6.45, 7) is 1.83. The van der Waals surface area contributed by atoms with Gasteiger partial charge in [-0.05, 0) is 42.8 Å². The van der Waals surface area contributed by atoms with Gasteiger partial charge in [-0.1, -0.05) is 0 Å². The van der Waals surface area contributed by atoms with Gasteiger partial charge >= 0.3 is 6.03 Å². The highest BCUT2D eigenvalue weighted by molar-refractivity contribution is 5.82. The van der Waals surface area contributed by atoms with Crippen LogP contribution in [0.25, 0.3) is 0 Å². The van der Waals surface area contributed by atoms with E-state index >= 15 is 0 Å². The van der Waals surface area contributed by atoms with Crippen molar-refractivity contribution < 1.29 is 19.2 Å². The van der Waals surface area contributed by atoms with Gasteiger partial charge in [-0.15, -0.1) is 0 Å². The quantitative estimate of drug-likeness (QED) is 0.446. The number of methoxy groups -OCH3 is 1. The van der Waals surface area contributed by atoms with Crippen LogP contribution in [0.15, 0.2) is 41.5 Å². The van der Waals surface area contributed by atoms with Crippen molar-refractivity contribution in [1.29, 1.82) is 0 Å². The minimum Gasteiger partial charge on any atom is -0.496 e. The maximum absolute atomic E-state index is 10.9. The number of nitrogens with zero attached hydrogens (tertiary/aromatic N) is 2. The third kappa shape index (κ3) is 4.94. The molecule has 0 heterocycles. The number of nitrogens with two attached hydrogens (primary N) is 1. The fraction of sp³-hybridized carbons (Fsp3) is 0.176. The molecule has 0 aromatic heterocycles. The topological polar surface area (TPSA) is 129 Å². The zero-order valence-corrected chi connectivity index (χ0v) is 14.3. The lowest BCUT2D eigenvalue weighted by Crippen LogP contribution is -2.24. The predicted molar refractivity (Wildman–Crippen MR) is 95.5 cm³/mol. The minimum atomic E-state index is -0.758. The van der Waals surface area contributed by atoms with Crippen LogP contribution >= 0.6 is 0 Å². The van der Waals surface area contributed by atoms with Crippen LogP contribution in [-0.4, -0.2) is 24.3 Å². The average molecular weight is 358 g/mol. The Morgan fingerprint density at radius 1 is 1.35 bits per heavy atom. The number of nitro groups is 1. The van der Waals surface area contributed by atoms with Crippen molar-refractivity contribution in [3.63, 3.8) is 0 Å². The summed E-state index contributed by atoms with van der Waals surface area (Å²) >= 11 is 0. The number of aryl methyl sites for hydroxylation is 1. The SMILES string of the molecule is COc1ccc(/C=N/NC(N)=O)cc1COc1ccc([N+](=O)[O-])c(C)c1. The highest BCUT2D eigenvalue weighted by Crippen LogP contribution is 2.25. The number of carbonyl (C=O) groups is 1. The molecule has 9 nitrogen and oxygen atoms in total. The van der Waals surface area contributed by atoms with Crippen LogP contribution in [0.3, 0.4) is 0 Å². The van der Waals surface area contributed by atoms with Gasteiger partial charge in [0.25, 0.3) is 5.69 Å². The molecule has 0 bridgehead atoms. The summed E-state index contributed by atoms with van der Waals surface area (Å²) in [5.41, 5.74) is 9.05. The van der Waals surface area contributed by atoms with E-state index in [-0.39, 0.29) is 12.3 Å². The van der Waals surface area contributed by atoms with Crippen LogP contribution in [0.1, 0.15) is 16.7 Å². The zero-order chi connectivity index (χ0) is 19.1. The number of hydrogen-bond acceptors (Lipinski definition) is 6. The lowest BCUT2D eigenvalue weighted by atomic mass is 10.1. The third-order valence-corrected chi connectivity index (χ3v) is 3.45. The first kappa shape index (κ1) is 18.7. The van der Waals surface area contributed by atoms with Crippen LogP contribution in [0.2, 0.25) is 0 Å². The molecule has 0 aliphatic rings. The molecule has 0 fully saturated rings. The third-order valence-electron chi connectivity index (χ3n) is 3.45. The number of primary amides is 1. The van der Waals surface area contributed by atoms with Gasteiger partial charge in [0.05, 0.1) is 18.2 Å². The molecule has 0 aliphatic heterocycles. The summed E-state index contributed by atoms with van der Waals surface area (Å²) < 4.78 is 11.0. The Bertz CT molecular complexity index is 851. The van der Waals surface area contributed by atoms with Crippen molar-refractivity contribution in [3.8, 4) is 11.5 Å². The second kappa shape index (κ2) is 8.47. The Labute approximate surface area is 149 Å². The molecule has 9 heteroatoms. The number of nitrogens with one attached hydrogen (secondary N) is 1. The number of benzene rings is 2. The molecule has 0 saturated carbocycles. The molecule has 3 N–H and O–H groups in total. The van der Waals surface area contributed by atoms with Crippen molar-refractivity contribution in [2.24, 2.45) is 10.8 Å². The minimum absolute atomic E-state index is 0.0371. The average Bonchev–Trinajstić information content (AvgIpc) is 2.59. The van der Waals surface area contributed by atoms with E-state index in [0.29, 0.717) is 22.6 Å². The second-order valence-electron chi connectivity index (χ2n) is 5.30. The van der Waals surface area contributed by atoms with Crippen LogP contribution in [-0.2, 0) is 6.61 Å². The van der Waals surface area contributed by atoms with Gasteiger partial charge < -0.3 is 15.2 Å². The standard InChI is InChI=1S/C17H18N4O5/c1-11-7-14(4-5-15(11)21(23)24)26-10-13-8-12(3-6-16(13)25-2)9-19-20-17(18)22/h3-9H,10H2,1-2H3,(H3,18,20,22)/b19-9+. The predicted octanol–water partition coefficient (Wildman–Crippen LogP) is 2.49. The van der Waals surface area contributed by atoms with E-state index in [1.54, 1.807) is 37.3 Å².